The molecule has 1 aromatic carbocycles. The molecule has 0 spiro atoms. The van der Waals surface area contributed by atoms with Crippen LogP contribution >= 0.6 is 0 Å². The van der Waals surface area contributed by atoms with Crippen LogP contribution in [0.15, 0.2) is 23.3 Å². The van der Waals surface area contributed by atoms with Crippen LogP contribution in [0, 0.1) is 0 Å². The van der Waals surface area contributed by atoms with E-state index in [9.17, 15) is 4.79 Å². The van der Waals surface area contributed by atoms with Crippen LogP contribution < -0.4 is 16.9 Å². The lowest BCUT2D eigenvalue weighted by Gasteiger charge is -2.17. The molecule has 0 bridgehead atoms. The highest BCUT2D eigenvalue weighted by Gasteiger charge is 2.22. The summed E-state index contributed by atoms with van der Waals surface area (Å²) < 4.78 is 0. The van der Waals surface area contributed by atoms with Gasteiger partial charge in [0.25, 0.3) is 0 Å². The molecule has 1 amide bonds. The number of hydrazone groups is 1. The van der Waals surface area contributed by atoms with Gasteiger partial charge in [-0.25, -0.2) is 5.43 Å². The predicted molar refractivity (Wildman–Crippen MR) is 59.3 cm³/mol. The van der Waals surface area contributed by atoms with E-state index in [0.717, 1.165) is 5.56 Å². The van der Waals surface area contributed by atoms with Crippen molar-refractivity contribution in [1.82, 2.24) is 5.43 Å². The molecule has 15 heavy (non-hydrogen) atoms. The maximum absolute atomic E-state index is 11.5. The lowest BCUT2D eigenvalue weighted by molar-refractivity contribution is -0.122. The van der Waals surface area contributed by atoms with Crippen molar-refractivity contribution in [3.05, 3.63) is 23.8 Å². The molecule has 1 atom stereocenters. The SMILES string of the molecule is Nc1ccc(C2CC=NNC2=O)cc1N. The Morgan fingerprint density at radius 1 is 1.33 bits per heavy atom. The molecule has 0 radical (unpaired) electrons. The van der Waals surface area contributed by atoms with Gasteiger partial charge in [0, 0.05) is 12.6 Å². The zero-order valence-corrected chi connectivity index (χ0v) is 8.10. The monoisotopic (exact) mass is 204 g/mol. The van der Waals surface area contributed by atoms with Crippen molar-refractivity contribution < 1.29 is 4.79 Å². The Morgan fingerprint density at radius 2 is 2.13 bits per heavy atom. The van der Waals surface area contributed by atoms with Gasteiger partial charge < -0.3 is 11.5 Å². The zero-order chi connectivity index (χ0) is 10.8. The van der Waals surface area contributed by atoms with E-state index < -0.39 is 0 Å². The van der Waals surface area contributed by atoms with Gasteiger partial charge in [0.15, 0.2) is 0 Å². The van der Waals surface area contributed by atoms with Crippen LogP contribution in [0.25, 0.3) is 0 Å². The van der Waals surface area contributed by atoms with Crippen molar-refractivity contribution in [2.24, 2.45) is 5.10 Å². The first-order valence-corrected chi connectivity index (χ1v) is 4.65. The molecule has 5 nitrogen and oxygen atoms in total. The molecule has 5 heteroatoms. The second kappa shape index (κ2) is 3.61. The fraction of sp³-hybridized carbons (Fsp3) is 0.200. The number of nitrogens with two attached hydrogens (primary N) is 2. The average molecular weight is 204 g/mol. The highest BCUT2D eigenvalue weighted by atomic mass is 16.2. The van der Waals surface area contributed by atoms with Crippen LogP contribution in [0.3, 0.4) is 0 Å². The number of rotatable bonds is 1. The van der Waals surface area contributed by atoms with E-state index in [2.05, 4.69) is 10.5 Å². The maximum atomic E-state index is 11.5. The van der Waals surface area contributed by atoms with Gasteiger partial charge in [0.2, 0.25) is 5.91 Å². The molecule has 5 N–H and O–H groups in total. The number of nitrogens with one attached hydrogen (secondary N) is 1. The number of carbonyl (C=O) groups excluding carboxylic acids is 1. The Balaban J connectivity index is 2.33. The number of benzene rings is 1. The third-order valence-electron chi connectivity index (χ3n) is 2.44. The molecular weight excluding hydrogens is 192 g/mol. The second-order valence-corrected chi connectivity index (χ2v) is 3.46. The van der Waals surface area contributed by atoms with Crippen LogP contribution in [-0.4, -0.2) is 12.1 Å². The van der Waals surface area contributed by atoms with E-state index in [-0.39, 0.29) is 11.8 Å². The van der Waals surface area contributed by atoms with E-state index in [4.69, 9.17) is 11.5 Å². The molecule has 2 rings (SSSR count). The molecule has 1 aliphatic heterocycles. The van der Waals surface area contributed by atoms with Gasteiger partial charge in [-0.05, 0) is 17.7 Å². The number of hydrogen-bond acceptors (Lipinski definition) is 4. The Hall–Kier alpha value is -2.04. The first kappa shape index (κ1) is 9.51. The lowest BCUT2D eigenvalue weighted by Crippen LogP contribution is -2.29. The summed E-state index contributed by atoms with van der Waals surface area (Å²) in [5, 5.41) is 3.69. The number of nitrogen functional groups attached to an aromatic ring is 2. The molecule has 0 aromatic heterocycles. The maximum Gasteiger partial charge on any atom is 0.247 e. The molecule has 78 valence electrons. The summed E-state index contributed by atoms with van der Waals surface area (Å²) in [7, 11) is 0. The van der Waals surface area contributed by atoms with E-state index in [0.29, 0.717) is 17.8 Å². The molecule has 1 heterocycles. The first-order chi connectivity index (χ1) is 7.18. The first-order valence-electron chi connectivity index (χ1n) is 4.65. The van der Waals surface area contributed by atoms with Crippen molar-refractivity contribution in [3.63, 3.8) is 0 Å². The Kier molecular flexibility index (Phi) is 2.29. The molecule has 0 saturated carbocycles. The molecule has 0 aliphatic carbocycles. The van der Waals surface area contributed by atoms with E-state index in [1.807, 2.05) is 6.07 Å². The second-order valence-electron chi connectivity index (χ2n) is 3.46. The summed E-state index contributed by atoms with van der Waals surface area (Å²) in [6.45, 7) is 0. The van der Waals surface area contributed by atoms with Crippen LogP contribution in [0.1, 0.15) is 17.9 Å². The Bertz CT molecular complexity index is 427. The molecule has 1 unspecified atom stereocenters. The highest BCUT2D eigenvalue weighted by Crippen LogP contribution is 2.25. The topological polar surface area (TPSA) is 93.5 Å². The molecule has 0 saturated heterocycles. The van der Waals surface area contributed by atoms with Gasteiger partial charge in [-0.1, -0.05) is 6.07 Å². The minimum absolute atomic E-state index is 0.110. The van der Waals surface area contributed by atoms with E-state index in [1.54, 1.807) is 18.3 Å². The Morgan fingerprint density at radius 3 is 2.80 bits per heavy atom. The third kappa shape index (κ3) is 1.76. The van der Waals surface area contributed by atoms with Crippen LogP contribution in [-0.2, 0) is 4.79 Å². The number of anilines is 2. The lowest BCUT2D eigenvalue weighted by atomic mass is 9.94. The Labute approximate surface area is 87.1 Å². The van der Waals surface area contributed by atoms with Gasteiger partial charge in [-0.2, -0.15) is 5.10 Å². The number of amides is 1. The van der Waals surface area contributed by atoms with E-state index in [1.165, 1.54) is 0 Å². The average Bonchev–Trinajstić information content (AvgIpc) is 2.23. The standard InChI is InChI=1S/C10H12N4O/c11-8-2-1-6(5-9(8)12)7-3-4-13-14-10(7)15/h1-2,4-5,7H,3,11-12H2,(H,14,15). The third-order valence-corrected chi connectivity index (χ3v) is 2.44. The molecule has 1 aromatic rings. The van der Waals surface area contributed by atoms with Gasteiger partial charge in [-0.3, -0.25) is 4.79 Å². The van der Waals surface area contributed by atoms with Crippen molar-refractivity contribution in [3.8, 4) is 0 Å². The summed E-state index contributed by atoms with van der Waals surface area (Å²) in [4.78, 5) is 11.5. The fourth-order valence-electron chi connectivity index (χ4n) is 1.55. The largest absolute Gasteiger partial charge is 0.397 e. The fourth-order valence-corrected chi connectivity index (χ4v) is 1.55. The normalized spacial score (nSPS) is 20.0. The van der Waals surface area contributed by atoms with Gasteiger partial charge in [0.05, 0.1) is 17.3 Å². The van der Waals surface area contributed by atoms with E-state index >= 15 is 0 Å². The van der Waals surface area contributed by atoms with Crippen LogP contribution in [0.4, 0.5) is 11.4 Å². The van der Waals surface area contributed by atoms with Crippen LogP contribution in [0.5, 0.6) is 0 Å². The summed E-state index contributed by atoms with van der Waals surface area (Å²) in [6, 6.07) is 5.26. The number of nitrogens with zero attached hydrogens (tertiary/aromatic N) is 1. The zero-order valence-electron chi connectivity index (χ0n) is 8.10. The smallest absolute Gasteiger partial charge is 0.247 e. The van der Waals surface area contributed by atoms with Crippen molar-refractivity contribution >= 4 is 23.5 Å². The highest BCUT2D eigenvalue weighted by molar-refractivity contribution is 5.89. The van der Waals surface area contributed by atoms with Gasteiger partial charge >= 0.3 is 0 Å². The number of carbonyl (C=O) groups is 1. The summed E-state index contributed by atoms with van der Waals surface area (Å²) in [6.07, 6.45) is 2.27. The van der Waals surface area contributed by atoms with Crippen molar-refractivity contribution in [2.45, 2.75) is 12.3 Å². The van der Waals surface area contributed by atoms with Gasteiger partial charge in [-0.15, -0.1) is 0 Å². The van der Waals surface area contributed by atoms with Crippen molar-refractivity contribution in [2.75, 3.05) is 11.5 Å². The minimum atomic E-state index is -0.217. The molecular formula is C10H12N4O. The quantitative estimate of drug-likeness (QED) is 0.579. The predicted octanol–water partition coefficient (Wildman–Crippen LogP) is 0.440. The van der Waals surface area contributed by atoms with Crippen molar-refractivity contribution in [1.29, 1.82) is 0 Å². The minimum Gasteiger partial charge on any atom is -0.397 e. The molecule has 0 fully saturated rings. The summed E-state index contributed by atoms with van der Waals surface area (Å²) in [5.41, 5.74) is 15.6. The number of hydrogen-bond donors (Lipinski definition) is 3. The molecule has 1 aliphatic rings. The summed E-state index contributed by atoms with van der Waals surface area (Å²) in [5.74, 6) is -0.327. The van der Waals surface area contributed by atoms with Gasteiger partial charge in [0.1, 0.15) is 0 Å². The van der Waals surface area contributed by atoms with Crippen LogP contribution in [0.2, 0.25) is 0 Å². The summed E-state index contributed by atoms with van der Waals surface area (Å²) >= 11 is 0.